The van der Waals surface area contributed by atoms with Gasteiger partial charge in [-0.1, -0.05) is 45.4 Å². The van der Waals surface area contributed by atoms with Gasteiger partial charge in [0.1, 0.15) is 0 Å². The Morgan fingerprint density at radius 1 is 1.00 bits per heavy atom. The molecule has 112 valence electrons. The summed E-state index contributed by atoms with van der Waals surface area (Å²) in [5.74, 6) is 0.895. The van der Waals surface area contributed by atoms with Gasteiger partial charge in [-0.3, -0.25) is 0 Å². The Morgan fingerprint density at radius 3 is 2.26 bits per heavy atom. The van der Waals surface area contributed by atoms with E-state index in [2.05, 4.69) is 31.2 Å². The van der Waals surface area contributed by atoms with Crippen molar-refractivity contribution in [2.75, 3.05) is 20.6 Å². The van der Waals surface area contributed by atoms with Crippen LogP contribution in [0.2, 0.25) is 0 Å². The Morgan fingerprint density at radius 2 is 1.68 bits per heavy atom. The average molecular weight is 266 g/mol. The highest BCUT2D eigenvalue weighted by Gasteiger charge is 2.37. The highest BCUT2D eigenvalue weighted by atomic mass is 15.2. The quantitative estimate of drug-likeness (QED) is 0.778. The molecule has 2 nitrogen and oxygen atoms in total. The molecule has 1 N–H and O–H groups in total. The van der Waals surface area contributed by atoms with Gasteiger partial charge in [-0.2, -0.15) is 0 Å². The van der Waals surface area contributed by atoms with Crippen LogP contribution in [-0.2, 0) is 0 Å². The van der Waals surface area contributed by atoms with Crippen LogP contribution in [0.4, 0.5) is 0 Å². The van der Waals surface area contributed by atoms with Crippen molar-refractivity contribution in [3.63, 3.8) is 0 Å². The molecule has 0 spiro atoms. The maximum Gasteiger partial charge on any atom is 0.0330 e. The van der Waals surface area contributed by atoms with E-state index in [1.807, 2.05) is 0 Å². The molecule has 0 aromatic heterocycles. The summed E-state index contributed by atoms with van der Waals surface area (Å²) in [6.07, 6.45) is 14.2. The van der Waals surface area contributed by atoms with Crippen molar-refractivity contribution in [3.05, 3.63) is 0 Å². The van der Waals surface area contributed by atoms with Gasteiger partial charge in [0, 0.05) is 18.1 Å². The molecule has 2 aliphatic rings. The third kappa shape index (κ3) is 4.19. The zero-order chi connectivity index (χ0) is 13.7. The summed E-state index contributed by atoms with van der Waals surface area (Å²) < 4.78 is 0. The molecule has 2 atom stereocenters. The number of nitrogens with one attached hydrogen (secondary N) is 1. The van der Waals surface area contributed by atoms with Gasteiger partial charge in [-0.15, -0.1) is 0 Å². The second-order valence-electron chi connectivity index (χ2n) is 7.39. The standard InChI is InChI=1S/C17H34N2/c1-15-9-8-12-17(13-15,19(2)3)14-18-16-10-6-4-5-7-11-16/h15-16,18H,4-14H2,1-3H3. The fraction of sp³-hybridized carbons (Fsp3) is 1.00. The van der Waals surface area contributed by atoms with Crippen LogP contribution < -0.4 is 5.32 Å². The normalized spacial score (nSPS) is 34.4. The van der Waals surface area contributed by atoms with E-state index in [-0.39, 0.29) is 0 Å². The van der Waals surface area contributed by atoms with Gasteiger partial charge in [0.05, 0.1) is 0 Å². The van der Waals surface area contributed by atoms with E-state index < -0.39 is 0 Å². The zero-order valence-corrected chi connectivity index (χ0v) is 13.4. The summed E-state index contributed by atoms with van der Waals surface area (Å²) in [4.78, 5) is 2.51. The van der Waals surface area contributed by atoms with Crippen molar-refractivity contribution in [2.24, 2.45) is 5.92 Å². The minimum atomic E-state index is 0.421. The second kappa shape index (κ2) is 7.08. The molecule has 2 aliphatic carbocycles. The van der Waals surface area contributed by atoms with Gasteiger partial charge in [0.2, 0.25) is 0 Å². The molecule has 0 bridgehead atoms. The van der Waals surface area contributed by atoms with Crippen LogP contribution in [0.25, 0.3) is 0 Å². The Labute approximate surface area is 120 Å². The van der Waals surface area contributed by atoms with Gasteiger partial charge in [-0.05, 0) is 45.7 Å². The fourth-order valence-electron chi connectivity index (χ4n) is 4.18. The topological polar surface area (TPSA) is 15.3 Å². The molecule has 0 aliphatic heterocycles. The van der Waals surface area contributed by atoms with Crippen molar-refractivity contribution in [1.82, 2.24) is 10.2 Å². The first-order valence-electron chi connectivity index (χ1n) is 8.53. The molecule has 2 unspecified atom stereocenters. The molecule has 19 heavy (non-hydrogen) atoms. The van der Waals surface area contributed by atoms with Crippen molar-refractivity contribution >= 4 is 0 Å². The number of rotatable bonds is 4. The lowest BCUT2D eigenvalue weighted by atomic mass is 9.75. The Balaban J connectivity index is 1.89. The van der Waals surface area contributed by atoms with E-state index in [0.29, 0.717) is 5.54 Å². The second-order valence-corrected chi connectivity index (χ2v) is 7.39. The summed E-state index contributed by atoms with van der Waals surface area (Å²) in [6, 6.07) is 0.788. The summed E-state index contributed by atoms with van der Waals surface area (Å²) >= 11 is 0. The first-order valence-corrected chi connectivity index (χ1v) is 8.53. The lowest BCUT2D eigenvalue weighted by Crippen LogP contribution is -2.55. The summed E-state index contributed by atoms with van der Waals surface area (Å²) in [7, 11) is 4.57. The molecular formula is C17H34N2. The van der Waals surface area contributed by atoms with Crippen LogP contribution in [0.15, 0.2) is 0 Å². The smallest absolute Gasteiger partial charge is 0.0330 e. The molecule has 2 fully saturated rings. The van der Waals surface area contributed by atoms with Crippen molar-refractivity contribution in [2.45, 2.75) is 82.7 Å². The summed E-state index contributed by atoms with van der Waals surface area (Å²) in [6.45, 7) is 3.64. The zero-order valence-electron chi connectivity index (χ0n) is 13.4. The highest BCUT2D eigenvalue weighted by molar-refractivity contribution is 4.95. The average Bonchev–Trinajstić information content (AvgIpc) is 2.65. The molecule has 0 saturated heterocycles. The molecule has 2 rings (SSSR count). The van der Waals surface area contributed by atoms with Gasteiger partial charge < -0.3 is 10.2 Å². The number of nitrogens with zero attached hydrogens (tertiary/aromatic N) is 1. The maximum atomic E-state index is 3.93. The molecule has 0 amide bonds. The molecule has 2 heteroatoms. The van der Waals surface area contributed by atoms with Crippen molar-refractivity contribution in [3.8, 4) is 0 Å². The molecule has 0 aromatic rings. The van der Waals surface area contributed by atoms with Crippen LogP contribution in [0.1, 0.15) is 71.1 Å². The number of hydrogen-bond donors (Lipinski definition) is 1. The molecule has 2 saturated carbocycles. The van der Waals surface area contributed by atoms with E-state index in [1.54, 1.807) is 0 Å². The van der Waals surface area contributed by atoms with E-state index in [9.17, 15) is 0 Å². The lowest BCUT2D eigenvalue weighted by molar-refractivity contribution is 0.0716. The van der Waals surface area contributed by atoms with Gasteiger partial charge in [0.25, 0.3) is 0 Å². The van der Waals surface area contributed by atoms with Gasteiger partial charge in [-0.25, -0.2) is 0 Å². The minimum Gasteiger partial charge on any atom is -0.312 e. The van der Waals surface area contributed by atoms with Gasteiger partial charge >= 0.3 is 0 Å². The Kier molecular flexibility index (Phi) is 5.70. The van der Waals surface area contributed by atoms with E-state index in [4.69, 9.17) is 0 Å². The monoisotopic (exact) mass is 266 g/mol. The number of hydrogen-bond acceptors (Lipinski definition) is 2. The van der Waals surface area contributed by atoms with E-state index in [1.165, 1.54) is 70.8 Å². The van der Waals surface area contributed by atoms with Gasteiger partial charge in [0.15, 0.2) is 0 Å². The highest BCUT2D eigenvalue weighted by Crippen LogP contribution is 2.35. The first-order chi connectivity index (χ1) is 9.12. The summed E-state index contributed by atoms with van der Waals surface area (Å²) in [5.41, 5.74) is 0.421. The minimum absolute atomic E-state index is 0.421. The third-order valence-electron chi connectivity index (χ3n) is 5.59. The first kappa shape index (κ1) is 15.3. The molecule has 0 radical (unpaired) electrons. The fourth-order valence-corrected chi connectivity index (χ4v) is 4.18. The van der Waals surface area contributed by atoms with Crippen LogP contribution >= 0.6 is 0 Å². The predicted octanol–water partition coefficient (Wildman–Crippen LogP) is 3.81. The summed E-state index contributed by atoms with van der Waals surface area (Å²) in [5, 5.41) is 3.93. The molecule has 0 heterocycles. The molecule has 0 aromatic carbocycles. The number of likely N-dealkylation sites (N-methyl/N-ethyl adjacent to an activating group) is 1. The van der Waals surface area contributed by atoms with Crippen molar-refractivity contribution < 1.29 is 0 Å². The van der Waals surface area contributed by atoms with Crippen molar-refractivity contribution in [1.29, 1.82) is 0 Å². The van der Waals surface area contributed by atoms with E-state index in [0.717, 1.165) is 12.0 Å². The SMILES string of the molecule is CC1CCCC(CNC2CCCCCC2)(N(C)C)C1. The third-order valence-corrected chi connectivity index (χ3v) is 5.59. The predicted molar refractivity (Wildman–Crippen MR) is 83.5 cm³/mol. The Bertz CT molecular complexity index is 256. The van der Waals surface area contributed by atoms with Crippen LogP contribution in [0, 0.1) is 5.92 Å². The van der Waals surface area contributed by atoms with E-state index >= 15 is 0 Å². The van der Waals surface area contributed by atoms with Crippen LogP contribution in [0.3, 0.4) is 0 Å². The lowest BCUT2D eigenvalue weighted by Gasteiger charge is -2.46. The maximum absolute atomic E-state index is 3.93. The van der Waals surface area contributed by atoms with Crippen LogP contribution in [-0.4, -0.2) is 37.1 Å². The molecular weight excluding hydrogens is 232 g/mol. The Hall–Kier alpha value is -0.0800. The van der Waals surface area contributed by atoms with Crippen LogP contribution in [0.5, 0.6) is 0 Å². The largest absolute Gasteiger partial charge is 0.312 e.